The van der Waals surface area contributed by atoms with E-state index in [0.717, 1.165) is 156 Å². The molecular weight excluding hydrogens is 995 g/mol. The quantitative estimate of drug-likeness (QED) is 0.0370. The lowest BCUT2D eigenvalue weighted by Crippen LogP contribution is -2.73. The molecule has 0 saturated carbocycles. The average molecular weight is 1100 g/mol. The lowest BCUT2D eigenvalue weighted by Gasteiger charge is -2.58. The number of rotatable bonds is 30. The van der Waals surface area contributed by atoms with Crippen molar-refractivity contribution in [2.45, 2.75) is 196 Å². The molecule has 4 aliphatic heterocycles. The van der Waals surface area contributed by atoms with E-state index in [1.54, 1.807) is 12.1 Å². The maximum absolute atomic E-state index is 15.3. The van der Waals surface area contributed by atoms with Gasteiger partial charge in [-0.2, -0.15) is 0 Å². The molecular formula is C63H105N9O7. The van der Waals surface area contributed by atoms with Crippen molar-refractivity contribution < 1.29 is 33.7 Å². The van der Waals surface area contributed by atoms with Gasteiger partial charge in [0.2, 0.25) is 5.91 Å². The van der Waals surface area contributed by atoms with Gasteiger partial charge in [0.15, 0.2) is 0 Å². The molecule has 16 heteroatoms. The summed E-state index contributed by atoms with van der Waals surface area (Å²) in [5, 5.41) is 20.9. The Morgan fingerprint density at radius 3 is 2.38 bits per heavy atom. The number of anilines is 1. The van der Waals surface area contributed by atoms with E-state index < -0.39 is 12.1 Å². The molecule has 4 N–H and O–H groups in total. The van der Waals surface area contributed by atoms with Crippen LogP contribution in [0.5, 0.6) is 0 Å². The van der Waals surface area contributed by atoms with Crippen LogP contribution in [-0.2, 0) is 41.6 Å². The van der Waals surface area contributed by atoms with E-state index in [-0.39, 0.29) is 58.9 Å². The summed E-state index contributed by atoms with van der Waals surface area (Å²) in [6.07, 6.45) is 12.4. The first-order chi connectivity index (χ1) is 37.8. The Kier molecular flexibility index (Phi) is 24.2. The minimum absolute atomic E-state index is 0.0195. The molecule has 16 nitrogen and oxygen atoms in total. The van der Waals surface area contributed by atoms with Crippen LogP contribution >= 0.6 is 0 Å². The van der Waals surface area contributed by atoms with Gasteiger partial charge < -0.3 is 44.2 Å². The van der Waals surface area contributed by atoms with E-state index in [1.807, 2.05) is 13.1 Å². The molecule has 0 aliphatic carbocycles. The molecule has 6 unspecified atom stereocenters. The molecule has 0 bridgehead atoms. The summed E-state index contributed by atoms with van der Waals surface area (Å²) in [7, 11) is 1.72. The van der Waals surface area contributed by atoms with Crippen molar-refractivity contribution >= 4 is 34.7 Å². The van der Waals surface area contributed by atoms with Gasteiger partial charge in [0, 0.05) is 124 Å². The van der Waals surface area contributed by atoms with Crippen molar-refractivity contribution in [3.63, 3.8) is 0 Å². The summed E-state index contributed by atoms with van der Waals surface area (Å²) in [5.74, 6) is -0.167. The number of ether oxygens (including phenoxy) is 3. The number of aromatic nitrogens is 2. The monoisotopic (exact) mass is 1100 g/mol. The molecule has 4 aliphatic rings. The second-order valence-corrected chi connectivity index (χ2v) is 25.0. The number of fused-ring (bicyclic) bond motifs is 1. The molecule has 2 amide bonds. The third kappa shape index (κ3) is 16.0. The summed E-state index contributed by atoms with van der Waals surface area (Å²) in [6, 6.07) is 7.48. The van der Waals surface area contributed by atoms with Gasteiger partial charge in [-0.1, -0.05) is 48.5 Å². The summed E-state index contributed by atoms with van der Waals surface area (Å²) in [5.41, 5.74) is 10.6. The fraction of sp³-hybridized carbons (Fsp3) is 0.746. The number of nitrogens with zero attached hydrogens (tertiary/aromatic N) is 6. The van der Waals surface area contributed by atoms with E-state index in [2.05, 4.69) is 136 Å². The van der Waals surface area contributed by atoms with E-state index in [4.69, 9.17) is 19.2 Å². The first-order valence-corrected chi connectivity index (χ1v) is 30.5. The molecule has 1 spiro atoms. The molecule has 4 fully saturated rings. The number of nitrogens with one attached hydrogen (secondary N) is 3. The third-order valence-corrected chi connectivity index (χ3v) is 17.2. The Morgan fingerprint density at radius 2 is 1.77 bits per heavy atom. The number of methoxy groups -OCH3 is 1. The molecule has 79 heavy (non-hydrogen) atoms. The number of aliphatic hydroxyl groups excluding tert-OH is 1. The van der Waals surface area contributed by atoms with Crippen molar-refractivity contribution in [3.8, 4) is 11.3 Å². The van der Waals surface area contributed by atoms with Crippen LogP contribution in [0.2, 0.25) is 0 Å². The fourth-order valence-corrected chi connectivity index (χ4v) is 12.9. The van der Waals surface area contributed by atoms with E-state index >= 15 is 9.59 Å². The maximum Gasteiger partial charge on any atom is 0.260 e. The predicted octanol–water partition coefficient (Wildman–Crippen LogP) is 8.88. The molecule has 6 heterocycles. The highest BCUT2D eigenvalue weighted by atomic mass is 16.5. The number of aliphatic hydroxyl groups is 1. The number of hydrazine groups is 1. The van der Waals surface area contributed by atoms with Crippen LogP contribution in [0.3, 0.4) is 0 Å². The number of aryl methyl sites for hydroxylation is 2. The number of carbonyl (C=O) groups excluding carboxylic acids is 3. The summed E-state index contributed by atoms with van der Waals surface area (Å²) >= 11 is 0. The van der Waals surface area contributed by atoms with Gasteiger partial charge in [0.05, 0.1) is 43.4 Å². The smallest absolute Gasteiger partial charge is 0.260 e. The molecule has 444 valence electrons. The molecule has 7 rings (SSSR count). The van der Waals surface area contributed by atoms with Crippen LogP contribution in [-0.4, -0.2) is 170 Å². The molecule has 2 aromatic heterocycles. The fourth-order valence-electron chi connectivity index (χ4n) is 12.9. The zero-order chi connectivity index (χ0) is 57.5. The van der Waals surface area contributed by atoms with E-state index in [0.29, 0.717) is 45.7 Å². The zero-order valence-corrected chi connectivity index (χ0v) is 51.2. The summed E-state index contributed by atoms with van der Waals surface area (Å²) in [4.78, 5) is 54.3. The van der Waals surface area contributed by atoms with Crippen molar-refractivity contribution in [3.05, 3.63) is 47.3 Å². The van der Waals surface area contributed by atoms with Gasteiger partial charge in [0.1, 0.15) is 12.3 Å². The highest BCUT2D eigenvalue weighted by Gasteiger charge is 2.54. The summed E-state index contributed by atoms with van der Waals surface area (Å²) < 4.78 is 19.2. The van der Waals surface area contributed by atoms with Gasteiger partial charge in [-0.25, -0.2) is 5.43 Å². The molecule has 3 aromatic rings. The normalized spacial score (nSPS) is 21.1. The Bertz CT molecular complexity index is 2390. The van der Waals surface area contributed by atoms with Crippen LogP contribution in [0, 0.1) is 23.7 Å². The van der Waals surface area contributed by atoms with Gasteiger partial charge in [-0.3, -0.25) is 29.4 Å². The van der Waals surface area contributed by atoms with Gasteiger partial charge in [0.25, 0.3) is 5.91 Å². The Hall–Kier alpha value is -4.00. The van der Waals surface area contributed by atoms with Gasteiger partial charge in [-0.15, -0.1) is 0 Å². The van der Waals surface area contributed by atoms with Crippen LogP contribution < -0.4 is 21.0 Å². The molecule has 0 radical (unpaired) electrons. The van der Waals surface area contributed by atoms with Crippen molar-refractivity contribution in [2.24, 2.45) is 16.7 Å². The van der Waals surface area contributed by atoms with Crippen LogP contribution in [0.4, 0.5) is 5.69 Å². The number of likely N-dealkylation sites (tertiary alicyclic amines) is 2. The minimum atomic E-state index is -0.812. The minimum Gasteiger partial charge on any atom is -0.395 e. The maximum atomic E-state index is 15.3. The Morgan fingerprint density at radius 1 is 1.04 bits per heavy atom. The number of benzene rings is 1. The second kappa shape index (κ2) is 29.8. The first-order valence-electron chi connectivity index (χ1n) is 30.5. The zero-order valence-electron chi connectivity index (χ0n) is 51.2. The van der Waals surface area contributed by atoms with Crippen molar-refractivity contribution in [1.29, 1.82) is 0 Å². The number of carbonyl (C=O) groups is 3. The number of hydrogen-bond acceptors (Lipinski definition) is 13. The van der Waals surface area contributed by atoms with Crippen LogP contribution in [0.25, 0.3) is 22.2 Å². The average Bonchev–Trinajstić information content (AvgIpc) is 4.00. The predicted molar refractivity (Wildman–Crippen MR) is 319 cm³/mol. The lowest BCUT2D eigenvalue weighted by atomic mass is 9.76. The number of hydrogen-bond donors (Lipinski definition) is 4. The number of aldehydes is 1. The van der Waals surface area contributed by atoms with E-state index in [9.17, 15) is 9.90 Å². The third-order valence-electron chi connectivity index (χ3n) is 17.2. The number of amides is 2. The van der Waals surface area contributed by atoms with Crippen LogP contribution in [0.1, 0.15) is 163 Å². The van der Waals surface area contributed by atoms with Gasteiger partial charge >= 0.3 is 0 Å². The van der Waals surface area contributed by atoms with Crippen LogP contribution in [0.15, 0.2) is 30.5 Å². The Labute approximate surface area is 475 Å². The topological polar surface area (TPSA) is 166 Å². The van der Waals surface area contributed by atoms with Crippen molar-refractivity contribution in [1.82, 2.24) is 40.4 Å². The van der Waals surface area contributed by atoms with E-state index in [1.165, 1.54) is 5.56 Å². The molecule has 1 aromatic carbocycles. The van der Waals surface area contributed by atoms with Gasteiger partial charge in [-0.05, 0) is 159 Å². The SMILES string of the molecule is CCCNCC1(C)CCCN1C(C(=O)NC(C(=O)N1CCCC(C)N1)C(CCN(CCO)c1ccc2c(c1)c(CC(C)(C)CCC=O)c(-c1cc(C)cnc1C(C)OC)n2CC)N1CC2(COC2)C1)C(C)C.CCCOCCC. The van der Waals surface area contributed by atoms with Crippen molar-refractivity contribution in [2.75, 3.05) is 97.4 Å². The molecule has 4 saturated heterocycles. The standard InChI is InChI=1S/C57H91N9O6.C6H14O/c1-12-23-58-34-56(10)22-15-24-65(56)51(39(3)4)53(69)60-50(54(70)66-25-14-17-41(6)61-66)48(63-35-57(36-63)37-72-38-57)20-26-62(27-29-68)43-18-19-47-44(31-43)46(32-55(8,9)21-16-28-67)52(64(47)13-2)45-30-40(5)33-59-49(45)42(7)71-11;1-3-5-7-6-4-2/h18-19,28,30-31,33,39,41-42,48,50-51,58,61,68H,12-17,20-27,29,32,34-38H2,1-11H3,(H,60,69);3-6H2,1-2H3. The first kappa shape index (κ1) is 64.2. The molecule has 6 atom stereocenters. The lowest BCUT2D eigenvalue weighted by molar-refractivity contribution is -0.202. The highest BCUT2D eigenvalue weighted by molar-refractivity contribution is 5.95. The summed E-state index contributed by atoms with van der Waals surface area (Å²) in [6.45, 7) is 35.5. The largest absolute Gasteiger partial charge is 0.395 e. The highest BCUT2D eigenvalue weighted by Crippen LogP contribution is 2.44. The second-order valence-electron chi connectivity index (χ2n) is 25.0. The Balaban J connectivity index is 0.00000135. The number of pyridine rings is 1.